The number of hydrogen-bond acceptors (Lipinski definition) is 5. The third-order valence-electron chi connectivity index (χ3n) is 3.36. The van der Waals surface area contributed by atoms with Crippen molar-refractivity contribution in [3.05, 3.63) is 29.3 Å². The monoisotopic (exact) mass is 289 g/mol. The Balaban J connectivity index is 2.43. The number of nitrogens with zero attached hydrogens (tertiary/aromatic N) is 1. The summed E-state index contributed by atoms with van der Waals surface area (Å²) in [5.74, 6) is -1.85. The van der Waals surface area contributed by atoms with Crippen molar-refractivity contribution in [1.82, 2.24) is 10.2 Å². The van der Waals surface area contributed by atoms with Gasteiger partial charge in [0.25, 0.3) is 11.8 Å². The maximum absolute atomic E-state index is 12.4. The zero-order chi connectivity index (χ0) is 15.6. The number of imide groups is 2. The summed E-state index contributed by atoms with van der Waals surface area (Å²) in [5, 5.41) is 1.99. The van der Waals surface area contributed by atoms with E-state index in [1.165, 1.54) is 12.1 Å². The first-order valence-corrected chi connectivity index (χ1v) is 6.53. The zero-order valence-electron chi connectivity index (χ0n) is 11.5. The molecule has 0 aromatic heterocycles. The topological polar surface area (TPSA) is 110 Å². The summed E-state index contributed by atoms with van der Waals surface area (Å²) in [6.45, 7) is 1.81. The predicted octanol–water partition coefficient (Wildman–Crippen LogP) is 0.306. The zero-order valence-corrected chi connectivity index (χ0v) is 11.5. The average Bonchev–Trinajstić information content (AvgIpc) is 2.70. The second-order valence-corrected chi connectivity index (χ2v) is 4.68. The van der Waals surface area contributed by atoms with Crippen LogP contribution in [0.5, 0.6) is 0 Å². The highest BCUT2D eigenvalue weighted by Crippen LogP contribution is 2.30. The van der Waals surface area contributed by atoms with Crippen LogP contribution in [0.4, 0.5) is 5.69 Å². The van der Waals surface area contributed by atoms with Gasteiger partial charge in [0, 0.05) is 5.69 Å². The van der Waals surface area contributed by atoms with Crippen LogP contribution in [-0.2, 0) is 9.59 Å². The molecule has 21 heavy (non-hydrogen) atoms. The lowest BCUT2D eigenvalue weighted by molar-refractivity contribution is -0.128. The Bertz CT molecular complexity index is 627. The molecule has 110 valence electrons. The van der Waals surface area contributed by atoms with Crippen molar-refractivity contribution < 1.29 is 19.2 Å². The van der Waals surface area contributed by atoms with Crippen LogP contribution in [0.2, 0.25) is 0 Å². The normalized spacial score (nSPS) is 14.8. The minimum Gasteiger partial charge on any atom is -0.398 e. The maximum atomic E-state index is 12.4. The molecule has 1 aromatic carbocycles. The molecule has 0 radical (unpaired) electrons. The fourth-order valence-corrected chi connectivity index (χ4v) is 2.42. The summed E-state index contributed by atoms with van der Waals surface area (Å²) in [5.41, 5.74) is 6.23. The number of amides is 4. The second kappa shape index (κ2) is 5.74. The van der Waals surface area contributed by atoms with E-state index in [0.29, 0.717) is 6.42 Å². The maximum Gasteiger partial charge on any atom is 0.264 e. The lowest BCUT2D eigenvalue weighted by Gasteiger charge is -2.23. The van der Waals surface area contributed by atoms with Crippen molar-refractivity contribution in [1.29, 1.82) is 0 Å². The van der Waals surface area contributed by atoms with E-state index in [1.807, 2.05) is 12.2 Å². The second-order valence-electron chi connectivity index (χ2n) is 4.68. The van der Waals surface area contributed by atoms with Crippen molar-refractivity contribution in [3.63, 3.8) is 0 Å². The van der Waals surface area contributed by atoms with E-state index in [9.17, 15) is 19.2 Å². The largest absolute Gasteiger partial charge is 0.398 e. The number of hydrogen-bond donors (Lipinski definition) is 2. The van der Waals surface area contributed by atoms with Gasteiger partial charge in [0.1, 0.15) is 6.04 Å². The third-order valence-corrected chi connectivity index (χ3v) is 3.36. The van der Waals surface area contributed by atoms with Crippen LogP contribution >= 0.6 is 0 Å². The van der Waals surface area contributed by atoms with E-state index in [1.54, 1.807) is 6.07 Å². The highest BCUT2D eigenvalue weighted by Gasteiger charge is 2.43. The van der Waals surface area contributed by atoms with Gasteiger partial charge in [-0.3, -0.25) is 29.4 Å². The Morgan fingerprint density at radius 3 is 2.67 bits per heavy atom. The quantitative estimate of drug-likeness (QED) is 0.460. The van der Waals surface area contributed by atoms with Crippen molar-refractivity contribution in [3.8, 4) is 0 Å². The smallest absolute Gasteiger partial charge is 0.264 e. The highest BCUT2D eigenvalue weighted by molar-refractivity contribution is 6.25. The molecule has 7 heteroatoms. The van der Waals surface area contributed by atoms with Crippen LogP contribution < -0.4 is 11.1 Å². The predicted molar refractivity (Wildman–Crippen MR) is 74.3 cm³/mol. The first-order valence-electron chi connectivity index (χ1n) is 6.53. The summed E-state index contributed by atoms with van der Waals surface area (Å²) in [7, 11) is 0. The first-order chi connectivity index (χ1) is 10.0. The van der Waals surface area contributed by atoms with Crippen LogP contribution in [0.1, 0.15) is 40.5 Å². The van der Waals surface area contributed by atoms with Gasteiger partial charge in [-0.05, 0) is 18.6 Å². The number of benzene rings is 1. The van der Waals surface area contributed by atoms with Gasteiger partial charge in [0.15, 0.2) is 0 Å². The fraction of sp³-hybridized carbons (Fsp3) is 0.286. The van der Waals surface area contributed by atoms with E-state index in [2.05, 4.69) is 0 Å². The standard InChI is InChI=1S/C14H15N3O4/c1-2-4-10(12(19)16-7-18)17-13(20)8-5-3-6-9(15)11(8)14(17)21/h3,5-7,10H,2,4,15H2,1H3,(H,16,18,19). The summed E-state index contributed by atoms with van der Waals surface area (Å²) in [4.78, 5) is 48.0. The SMILES string of the molecule is CCCC(C(=O)NC=O)N1C(=O)c2cccc(N)c2C1=O. The summed E-state index contributed by atoms with van der Waals surface area (Å²) in [6.07, 6.45) is 1.07. The molecule has 1 aliphatic rings. The number of nitrogens with two attached hydrogens (primary N) is 1. The molecule has 0 fully saturated rings. The number of rotatable bonds is 5. The van der Waals surface area contributed by atoms with Crippen LogP contribution in [0.15, 0.2) is 18.2 Å². The summed E-state index contributed by atoms with van der Waals surface area (Å²) >= 11 is 0. The number of nitrogen functional groups attached to an aromatic ring is 1. The Morgan fingerprint density at radius 1 is 1.38 bits per heavy atom. The van der Waals surface area contributed by atoms with Crippen molar-refractivity contribution in [2.45, 2.75) is 25.8 Å². The molecule has 4 amide bonds. The molecule has 0 aliphatic carbocycles. The van der Waals surface area contributed by atoms with E-state index < -0.39 is 23.8 Å². The van der Waals surface area contributed by atoms with Gasteiger partial charge in [0.2, 0.25) is 12.3 Å². The lowest BCUT2D eigenvalue weighted by Crippen LogP contribution is -2.49. The van der Waals surface area contributed by atoms with Crippen molar-refractivity contribution >= 4 is 29.8 Å². The first kappa shape index (κ1) is 14.7. The molecule has 1 aromatic rings. The minimum atomic E-state index is -1.02. The summed E-state index contributed by atoms with van der Waals surface area (Å²) < 4.78 is 0. The minimum absolute atomic E-state index is 0.113. The van der Waals surface area contributed by atoms with Gasteiger partial charge < -0.3 is 5.73 Å². The Kier molecular flexibility index (Phi) is 4.02. The van der Waals surface area contributed by atoms with Crippen LogP contribution in [0.3, 0.4) is 0 Å². The molecule has 7 nitrogen and oxygen atoms in total. The van der Waals surface area contributed by atoms with Crippen LogP contribution in [0, 0.1) is 0 Å². The molecule has 0 bridgehead atoms. The molecular formula is C14H15N3O4. The van der Waals surface area contributed by atoms with Gasteiger partial charge in [0.05, 0.1) is 11.1 Å². The number of carbonyl (C=O) groups excluding carboxylic acids is 4. The van der Waals surface area contributed by atoms with E-state index >= 15 is 0 Å². The molecule has 1 heterocycles. The van der Waals surface area contributed by atoms with Gasteiger partial charge in [-0.15, -0.1) is 0 Å². The highest BCUT2D eigenvalue weighted by atomic mass is 16.2. The van der Waals surface area contributed by atoms with Crippen molar-refractivity contribution in [2.75, 3.05) is 5.73 Å². The molecule has 1 unspecified atom stereocenters. The van der Waals surface area contributed by atoms with Crippen molar-refractivity contribution in [2.24, 2.45) is 0 Å². The number of anilines is 1. The third kappa shape index (κ3) is 2.37. The fourth-order valence-electron chi connectivity index (χ4n) is 2.42. The molecule has 2 rings (SSSR count). The summed E-state index contributed by atoms with van der Waals surface area (Å²) in [6, 6.07) is 3.57. The number of nitrogens with one attached hydrogen (secondary N) is 1. The molecular weight excluding hydrogens is 274 g/mol. The molecule has 1 atom stereocenters. The number of fused-ring (bicyclic) bond motifs is 1. The molecule has 0 saturated heterocycles. The van der Waals surface area contributed by atoms with Gasteiger partial charge in [-0.1, -0.05) is 19.4 Å². The number of carbonyl (C=O) groups is 4. The molecule has 0 spiro atoms. The van der Waals surface area contributed by atoms with Gasteiger partial charge in [-0.25, -0.2) is 0 Å². The Hall–Kier alpha value is -2.70. The van der Waals surface area contributed by atoms with E-state index in [0.717, 1.165) is 4.90 Å². The van der Waals surface area contributed by atoms with E-state index in [4.69, 9.17) is 5.73 Å². The lowest BCUT2D eigenvalue weighted by atomic mass is 10.1. The Morgan fingerprint density at radius 2 is 2.10 bits per heavy atom. The molecule has 3 N–H and O–H groups in total. The van der Waals surface area contributed by atoms with Gasteiger partial charge >= 0.3 is 0 Å². The van der Waals surface area contributed by atoms with Gasteiger partial charge in [-0.2, -0.15) is 0 Å². The van der Waals surface area contributed by atoms with Crippen LogP contribution in [-0.4, -0.2) is 35.1 Å². The molecule has 1 aliphatic heterocycles. The Labute approximate surface area is 121 Å². The van der Waals surface area contributed by atoms with E-state index in [-0.39, 0.29) is 29.6 Å². The average molecular weight is 289 g/mol. The van der Waals surface area contributed by atoms with Crippen LogP contribution in [0.25, 0.3) is 0 Å². The molecule has 0 saturated carbocycles.